The Bertz CT molecular complexity index is 648. The van der Waals surface area contributed by atoms with Crippen LogP contribution in [-0.4, -0.2) is 18.1 Å². The van der Waals surface area contributed by atoms with E-state index in [9.17, 15) is 4.79 Å². The summed E-state index contributed by atoms with van der Waals surface area (Å²) in [6, 6.07) is 6.59. The van der Waals surface area contributed by atoms with E-state index in [-0.39, 0.29) is 16.7 Å². The highest BCUT2D eigenvalue weighted by Gasteiger charge is 2.42. The molecule has 3 heteroatoms. The van der Waals surface area contributed by atoms with E-state index in [1.54, 1.807) is 0 Å². The smallest absolute Gasteiger partial charge is 0.264 e. The van der Waals surface area contributed by atoms with Crippen LogP contribution in [0, 0.1) is 0 Å². The minimum atomic E-state index is -0.737. The van der Waals surface area contributed by atoms with Crippen LogP contribution in [0.4, 0.5) is 0 Å². The molecule has 1 aliphatic heterocycles. The zero-order chi connectivity index (χ0) is 19.6. The van der Waals surface area contributed by atoms with Gasteiger partial charge in [-0.1, -0.05) is 60.6 Å². The minimum absolute atomic E-state index is 0.00472. The third-order valence-corrected chi connectivity index (χ3v) is 6.59. The first kappa shape index (κ1) is 20.8. The summed E-state index contributed by atoms with van der Waals surface area (Å²) in [6.45, 7) is 16.3. The van der Waals surface area contributed by atoms with Gasteiger partial charge in [-0.2, -0.15) is 0 Å². The fraction of sp³-hybridized carbons (Fsp3) is 0.696. The molecule has 1 aliphatic rings. The lowest BCUT2D eigenvalue weighted by molar-refractivity contribution is -0.140. The number of piperidine rings is 1. The summed E-state index contributed by atoms with van der Waals surface area (Å²) < 4.78 is 6.51. The molecule has 1 amide bonds. The Kier molecular flexibility index (Phi) is 6.09. The molecule has 26 heavy (non-hydrogen) atoms. The van der Waals surface area contributed by atoms with Gasteiger partial charge in [0.05, 0.1) is 0 Å². The van der Waals surface area contributed by atoms with E-state index in [1.165, 1.54) is 11.1 Å². The predicted octanol–water partition coefficient (Wildman–Crippen LogP) is 5.50. The van der Waals surface area contributed by atoms with Gasteiger partial charge in [0, 0.05) is 12.1 Å². The van der Waals surface area contributed by atoms with E-state index < -0.39 is 5.60 Å². The summed E-state index contributed by atoms with van der Waals surface area (Å²) in [5, 5.41) is 3.00. The highest BCUT2D eigenvalue weighted by atomic mass is 16.5. The zero-order valence-electron chi connectivity index (χ0n) is 17.8. The van der Waals surface area contributed by atoms with Gasteiger partial charge in [0.2, 0.25) is 0 Å². The lowest BCUT2D eigenvalue weighted by atomic mass is 9.76. The summed E-state index contributed by atoms with van der Waals surface area (Å²) in [5.74, 6) is 0.899. The van der Waals surface area contributed by atoms with Crippen LogP contribution in [0.1, 0.15) is 91.7 Å². The number of nitrogens with one attached hydrogen (secondary N) is 1. The monoisotopic (exact) mass is 359 g/mol. The molecule has 1 aromatic carbocycles. The van der Waals surface area contributed by atoms with Crippen molar-refractivity contribution in [3.8, 4) is 5.75 Å². The molecule has 1 N–H and O–H groups in total. The molecule has 0 aromatic heterocycles. The third-order valence-electron chi connectivity index (χ3n) is 6.59. The van der Waals surface area contributed by atoms with Crippen molar-refractivity contribution in [1.29, 1.82) is 0 Å². The Labute approximate surface area is 159 Å². The Hall–Kier alpha value is -1.51. The fourth-order valence-electron chi connectivity index (χ4n) is 3.53. The number of benzene rings is 1. The van der Waals surface area contributed by atoms with Crippen molar-refractivity contribution in [3.05, 3.63) is 29.3 Å². The van der Waals surface area contributed by atoms with Crippen LogP contribution in [-0.2, 0) is 15.6 Å². The molecule has 0 aliphatic carbocycles. The van der Waals surface area contributed by atoms with Gasteiger partial charge in [-0.25, -0.2) is 0 Å². The van der Waals surface area contributed by atoms with E-state index in [0.29, 0.717) is 6.42 Å². The van der Waals surface area contributed by atoms with Crippen LogP contribution >= 0.6 is 0 Å². The van der Waals surface area contributed by atoms with Crippen molar-refractivity contribution < 1.29 is 9.53 Å². The van der Waals surface area contributed by atoms with Crippen molar-refractivity contribution >= 4 is 5.91 Å². The average Bonchev–Trinajstić information content (AvgIpc) is 2.63. The Balaban J connectivity index is 2.52. The largest absolute Gasteiger partial charge is 0.477 e. The summed E-state index contributed by atoms with van der Waals surface area (Å²) in [5.41, 5.74) is 1.93. The first-order valence-electron chi connectivity index (χ1n) is 10.2. The molecule has 1 unspecified atom stereocenters. The molecule has 0 radical (unpaired) electrons. The van der Waals surface area contributed by atoms with Gasteiger partial charge < -0.3 is 10.1 Å². The molecule has 2 rings (SSSR count). The Morgan fingerprint density at radius 2 is 1.73 bits per heavy atom. The second kappa shape index (κ2) is 7.62. The van der Waals surface area contributed by atoms with Crippen molar-refractivity contribution in [2.24, 2.45) is 0 Å². The molecular weight excluding hydrogens is 322 g/mol. The molecule has 1 heterocycles. The maximum atomic E-state index is 12.6. The van der Waals surface area contributed by atoms with Crippen LogP contribution in [0.2, 0.25) is 0 Å². The maximum Gasteiger partial charge on any atom is 0.264 e. The van der Waals surface area contributed by atoms with E-state index in [4.69, 9.17) is 4.74 Å². The third kappa shape index (κ3) is 3.92. The molecule has 146 valence electrons. The van der Waals surface area contributed by atoms with Gasteiger partial charge in [-0.15, -0.1) is 0 Å². The fourth-order valence-corrected chi connectivity index (χ4v) is 3.53. The number of amides is 1. The number of rotatable bonds is 7. The Morgan fingerprint density at radius 3 is 2.27 bits per heavy atom. The van der Waals surface area contributed by atoms with Gasteiger partial charge in [-0.3, -0.25) is 4.79 Å². The van der Waals surface area contributed by atoms with Crippen molar-refractivity contribution in [2.75, 3.05) is 6.54 Å². The van der Waals surface area contributed by atoms with Crippen LogP contribution in [0.15, 0.2) is 18.2 Å². The second-order valence-electron chi connectivity index (χ2n) is 9.00. The van der Waals surface area contributed by atoms with Gasteiger partial charge in [0.25, 0.3) is 5.91 Å². The van der Waals surface area contributed by atoms with E-state index in [1.807, 2.05) is 6.92 Å². The number of hydrogen-bond donors (Lipinski definition) is 1. The van der Waals surface area contributed by atoms with Crippen molar-refractivity contribution in [3.63, 3.8) is 0 Å². The summed E-state index contributed by atoms with van der Waals surface area (Å²) in [7, 11) is 0. The van der Waals surface area contributed by atoms with Crippen molar-refractivity contribution in [2.45, 2.75) is 97.0 Å². The molecule has 1 fully saturated rings. The molecular formula is C23H37NO2. The SMILES string of the molecule is CCC1(Oc2ccc(C(C)(C)CC)cc2C(C)(C)CC)CCCNC1=O. The molecule has 1 atom stereocenters. The topological polar surface area (TPSA) is 38.3 Å². The summed E-state index contributed by atoms with van der Waals surface area (Å²) in [6.07, 6.45) is 4.54. The zero-order valence-corrected chi connectivity index (χ0v) is 17.8. The molecule has 0 saturated carbocycles. The van der Waals surface area contributed by atoms with Gasteiger partial charge in [0.1, 0.15) is 5.75 Å². The standard InChI is InChI=1S/C23H37NO2/c1-8-21(4,5)17-12-13-19(18(16-17)22(6,7)9-2)26-23(10-3)14-11-15-24-20(23)25/h12-13,16H,8-11,14-15H2,1-7H3,(H,24,25). The van der Waals surface area contributed by atoms with Crippen LogP contribution < -0.4 is 10.1 Å². The molecule has 1 saturated heterocycles. The number of carbonyl (C=O) groups is 1. The van der Waals surface area contributed by atoms with E-state index in [0.717, 1.165) is 38.0 Å². The van der Waals surface area contributed by atoms with Crippen LogP contribution in [0.25, 0.3) is 0 Å². The van der Waals surface area contributed by atoms with Crippen molar-refractivity contribution in [1.82, 2.24) is 5.32 Å². The highest BCUT2D eigenvalue weighted by molar-refractivity contribution is 5.86. The number of hydrogen-bond acceptors (Lipinski definition) is 2. The summed E-state index contributed by atoms with van der Waals surface area (Å²) >= 11 is 0. The number of carbonyl (C=O) groups excluding carboxylic acids is 1. The first-order chi connectivity index (χ1) is 12.1. The Morgan fingerprint density at radius 1 is 1.08 bits per heavy atom. The normalized spacial score (nSPS) is 21.4. The maximum absolute atomic E-state index is 12.6. The lowest BCUT2D eigenvalue weighted by Crippen LogP contribution is -2.54. The van der Waals surface area contributed by atoms with E-state index >= 15 is 0 Å². The second-order valence-corrected chi connectivity index (χ2v) is 9.00. The molecule has 0 spiro atoms. The van der Waals surface area contributed by atoms with Gasteiger partial charge in [-0.05, 0) is 54.6 Å². The molecule has 0 bridgehead atoms. The molecule has 1 aromatic rings. The van der Waals surface area contributed by atoms with Gasteiger partial charge >= 0.3 is 0 Å². The lowest BCUT2D eigenvalue weighted by Gasteiger charge is -2.38. The quantitative estimate of drug-likeness (QED) is 0.698. The van der Waals surface area contributed by atoms with Crippen LogP contribution in [0.5, 0.6) is 5.75 Å². The van der Waals surface area contributed by atoms with E-state index in [2.05, 4.69) is 65.1 Å². The predicted molar refractivity (Wildman–Crippen MR) is 109 cm³/mol. The molecule has 3 nitrogen and oxygen atoms in total. The first-order valence-corrected chi connectivity index (χ1v) is 10.2. The summed E-state index contributed by atoms with van der Waals surface area (Å²) in [4.78, 5) is 12.6. The average molecular weight is 360 g/mol. The minimum Gasteiger partial charge on any atom is -0.477 e. The number of ether oxygens (including phenoxy) is 1. The van der Waals surface area contributed by atoms with Gasteiger partial charge in [0.15, 0.2) is 5.60 Å². The highest BCUT2D eigenvalue weighted by Crippen LogP contribution is 2.41. The van der Waals surface area contributed by atoms with Crippen LogP contribution in [0.3, 0.4) is 0 Å².